The predicted octanol–water partition coefficient (Wildman–Crippen LogP) is 7.55. The predicted molar refractivity (Wildman–Crippen MR) is 144 cm³/mol. The normalized spacial score (nSPS) is 18.5. The van der Waals surface area contributed by atoms with Crippen LogP contribution in [0.25, 0.3) is 33.1 Å². The number of aryl methyl sites for hydroxylation is 1. The Morgan fingerprint density at radius 2 is 1.76 bits per heavy atom. The van der Waals surface area contributed by atoms with Gasteiger partial charge in [-0.15, -0.1) is 0 Å². The van der Waals surface area contributed by atoms with Gasteiger partial charge in [0.1, 0.15) is 23.6 Å². The second kappa shape index (κ2) is 8.75. The molecule has 2 atom stereocenters. The maximum atomic E-state index is 6.54. The SMILES string of the molecule is C=CC1=NC(=C)C([N+](=C)C=C)C(C)CCc2ccc3c(oc4cc(-c5ccccc5)ccc43)c21. The third-order valence-corrected chi connectivity index (χ3v) is 6.89. The molecule has 168 valence electrons. The van der Waals surface area contributed by atoms with Gasteiger partial charge in [0.15, 0.2) is 6.20 Å². The van der Waals surface area contributed by atoms with Gasteiger partial charge in [-0.25, -0.2) is 9.57 Å². The van der Waals surface area contributed by atoms with Gasteiger partial charge in [-0.2, -0.15) is 0 Å². The lowest BCUT2D eigenvalue weighted by atomic mass is 9.90. The molecule has 2 unspecified atom stereocenters. The lowest BCUT2D eigenvalue weighted by molar-refractivity contribution is -0.490. The van der Waals surface area contributed by atoms with Crippen LogP contribution >= 0.6 is 0 Å². The molecular weight excluding hydrogens is 416 g/mol. The third-order valence-electron chi connectivity index (χ3n) is 6.89. The molecule has 5 rings (SSSR count). The van der Waals surface area contributed by atoms with Gasteiger partial charge in [0.25, 0.3) is 0 Å². The van der Waals surface area contributed by atoms with Crippen LogP contribution in [0.4, 0.5) is 0 Å². The number of allylic oxidation sites excluding steroid dienone is 1. The fourth-order valence-corrected chi connectivity index (χ4v) is 5.11. The van der Waals surface area contributed by atoms with E-state index in [9.17, 15) is 0 Å². The van der Waals surface area contributed by atoms with Crippen LogP contribution in [0.15, 0.2) is 108 Å². The van der Waals surface area contributed by atoms with Crippen LogP contribution in [0.1, 0.15) is 24.5 Å². The van der Waals surface area contributed by atoms with Crippen LogP contribution in [-0.2, 0) is 6.42 Å². The van der Waals surface area contributed by atoms with Crippen LogP contribution in [0.2, 0.25) is 0 Å². The largest absolute Gasteiger partial charge is 0.455 e. The van der Waals surface area contributed by atoms with Crippen molar-refractivity contribution < 1.29 is 8.99 Å². The number of rotatable bonds is 4. The first-order chi connectivity index (χ1) is 16.5. The third kappa shape index (κ3) is 3.63. The van der Waals surface area contributed by atoms with Crippen molar-refractivity contribution in [3.8, 4) is 11.1 Å². The molecule has 0 saturated heterocycles. The van der Waals surface area contributed by atoms with Gasteiger partial charge in [0.2, 0.25) is 6.04 Å². The highest BCUT2D eigenvalue weighted by Gasteiger charge is 2.31. The quantitative estimate of drug-likeness (QED) is 0.235. The second-order valence-electron chi connectivity index (χ2n) is 9.01. The lowest BCUT2D eigenvalue weighted by Crippen LogP contribution is -2.29. The highest BCUT2D eigenvalue weighted by Crippen LogP contribution is 2.37. The summed E-state index contributed by atoms with van der Waals surface area (Å²) in [6.45, 7) is 18.6. The van der Waals surface area contributed by atoms with Gasteiger partial charge < -0.3 is 4.42 Å². The molecule has 1 aromatic heterocycles. The molecule has 1 aliphatic heterocycles. The highest BCUT2D eigenvalue weighted by atomic mass is 16.3. The number of hydrogen-bond acceptors (Lipinski definition) is 2. The molecule has 1 aliphatic rings. The van der Waals surface area contributed by atoms with E-state index >= 15 is 0 Å². The van der Waals surface area contributed by atoms with Gasteiger partial charge in [0, 0.05) is 22.3 Å². The van der Waals surface area contributed by atoms with Gasteiger partial charge in [-0.05, 0) is 54.3 Å². The van der Waals surface area contributed by atoms with Gasteiger partial charge in [-0.3, -0.25) is 0 Å². The summed E-state index contributed by atoms with van der Waals surface area (Å²) in [7, 11) is 0. The summed E-state index contributed by atoms with van der Waals surface area (Å²) < 4.78 is 8.40. The second-order valence-corrected chi connectivity index (χ2v) is 9.01. The Bertz CT molecular complexity index is 1490. The van der Waals surface area contributed by atoms with E-state index in [4.69, 9.17) is 9.41 Å². The summed E-state index contributed by atoms with van der Waals surface area (Å²) in [4.78, 5) is 4.96. The topological polar surface area (TPSA) is 28.5 Å². The van der Waals surface area contributed by atoms with E-state index in [1.807, 2.05) is 10.6 Å². The zero-order valence-corrected chi connectivity index (χ0v) is 19.6. The molecule has 2 heterocycles. The molecule has 0 saturated carbocycles. The first-order valence-electron chi connectivity index (χ1n) is 11.7. The van der Waals surface area contributed by atoms with E-state index in [0.717, 1.165) is 57.3 Å². The van der Waals surface area contributed by atoms with E-state index < -0.39 is 0 Å². The van der Waals surface area contributed by atoms with Gasteiger partial charge in [0.05, 0.1) is 5.71 Å². The number of furan rings is 1. The maximum Gasteiger partial charge on any atom is 0.201 e. The molecule has 0 N–H and O–H groups in total. The average Bonchev–Trinajstić information content (AvgIpc) is 3.25. The van der Waals surface area contributed by atoms with Crippen molar-refractivity contribution in [2.75, 3.05) is 0 Å². The standard InChI is InChI=1S/C31H29N2O/c1-6-27-29-23(14-13-20(3)30(21(4)32-27)33(5)7-2)15-18-26-25-17-16-24(19-28(25)34-31(26)29)22-11-9-8-10-12-22/h6-12,15-20,30H,1-2,4-5,13-14H2,3H3/q+1. The molecule has 0 spiro atoms. The van der Waals surface area contributed by atoms with Gasteiger partial charge >= 0.3 is 0 Å². The minimum atomic E-state index is -0.0265. The molecular formula is C31H29N2O+. The van der Waals surface area contributed by atoms with Crippen molar-refractivity contribution in [3.05, 3.63) is 110 Å². The Morgan fingerprint density at radius 3 is 2.50 bits per heavy atom. The van der Waals surface area contributed by atoms with E-state index in [1.54, 1.807) is 12.3 Å². The maximum absolute atomic E-state index is 6.54. The molecule has 0 fully saturated rings. The smallest absolute Gasteiger partial charge is 0.201 e. The number of nitrogens with zero attached hydrogens (tertiary/aromatic N) is 2. The highest BCUT2D eigenvalue weighted by molar-refractivity contribution is 6.20. The van der Waals surface area contributed by atoms with E-state index in [1.165, 1.54) is 11.1 Å². The summed E-state index contributed by atoms with van der Waals surface area (Å²) in [5, 5.41) is 2.18. The molecule has 34 heavy (non-hydrogen) atoms. The van der Waals surface area contributed by atoms with Crippen LogP contribution in [0, 0.1) is 5.92 Å². The molecule has 3 heteroatoms. The fraction of sp³-hybridized carbons (Fsp3) is 0.161. The molecule has 3 aromatic carbocycles. The van der Waals surface area contributed by atoms with Crippen molar-refractivity contribution in [3.63, 3.8) is 0 Å². The van der Waals surface area contributed by atoms with Crippen molar-refractivity contribution >= 4 is 34.4 Å². The Labute approximate surface area is 200 Å². The van der Waals surface area contributed by atoms with Crippen LogP contribution < -0.4 is 0 Å². The minimum Gasteiger partial charge on any atom is -0.455 e. The lowest BCUT2D eigenvalue weighted by Gasteiger charge is -2.19. The summed E-state index contributed by atoms with van der Waals surface area (Å²) in [6.07, 6.45) is 5.42. The zero-order valence-electron chi connectivity index (χ0n) is 19.6. The number of hydrogen-bond donors (Lipinski definition) is 0. The molecule has 3 nitrogen and oxygen atoms in total. The Morgan fingerprint density at radius 1 is 1.00 bits per heavy atom. The van der Waals surface area contributed by atoms with E-state index in [-0.39, 0.29) is 6.04 Å². The van der Waals surface area contributed by atoms with Crippen molar-refractivity contribution in [2.24, 2.45) is 10.9 Å². The Balaban J connectivity index is 1.72. The monoisotopic (exact) mass is 445 g/mol. The summed E-state index contributed by atoms with van der Waals surface area (Å²) in [5.74, 6) is 0.309. The summed E-state index contributed by atoms with van der Waals surface area (Å²) in [6, 6.07) is 21.2. The van der Waals surface area contributed by atoms with Crippen molar-refractivity contribution in [1.82, 2.24) is 0 Å². The molecule has 4 aromatic rings. The molecule has 0 amide bonds. The van der Waals surface area contributed by atoms with Crippen LogP contribution in [0.3, 0.4) is 0 Å². The number of benzene rings is 3. The minimum absolute atomic E-state index is 0.0265. The van der Waals surface area contributed by atoms with E-state index in [2.05, 4.69) is 88.0 Å². The average molecular weight is 446 g/mol. The molecule has 0 aliphatic carbocycles. The Kier molecular flexibility index (Phi) is 5.62. The van der Waals surface area contributed by atoms with Crippen molar-refractivity contribution in [1.29, 1.82) is 0 Å². The summed E-state index contributed by atoms with van der Waals surface area (Å²) >= 11 is 0. The van der Waals surface area contributed by atoms with Crippen LogP contribution in [-0.4, -0.2) is 23.0 Å². The first kappa shape index (κ1) is 21.8. The van der Waals surface area contributed by atoms with Gasteiger partial charge in [-0.1, -0.05) is 68.6 Å². The first-order valence-corrected chi connectivity index (χ1v) is 11.7. The summed E-state index contributed by atoms with van der Waals surface area (Å²) in [5.41, 5.74) is 7.78. The Hall–Kier alpha value is -3.98. The number of fused-ring (bicyclic) bond motifs is 5. The molecule has 0 bridgehead atoms. The number of aliphatic imine (C=N–C) groups is 1. The van der Waals surface area contributed by atoms with Crippen LogP contribution in [0.5, 0.6) is 0 Å². The van der Waals surface area contributed by atoms with Crippen molar-refractivity contribution in [2.45, 2.75) is 25.8 Å². The molecule has 0 radical (unpaired) electrons. The van der Waals surface area contributed by atoms with E-state index in [0.29, 0.717) is 5.92 Å². The zero-order chi connectivity index (χ0) is 23.8. The fourth-order valence-electron chi connectivity index (χ4n) is 5.11.